The number of nitrogens with one attached hydrogen (secondary N) is 1. The van der Waals surface area contributed by atoms with Crippen LogP contribution in [0.15, 0.2) is 54.1 Å². The molecule has 0 fully saturated rings. The molecule has 2 aliphatic rings. The van der Waals surface area contributed by atoms with Crippen LogP contribution in [0.25, 0.3) is 0 Å². The molecule has 4 rings (SSSR count). The summed E-state index contributed by atoms with van der Waals surface area (Å²) in [5.74, 6) is 0.279. The zero-order valence-electron chi connectivity index (χ0n) is 20.6. The predicted octanol–water partition coefficient (Wildman–Crippen LogP) is 3.54. The molecule has 35 heavy (non-hydrogen) atoms. The van der Waals surface area contributed by atoms with Crippen molar-refractivity contribution in [3.05, 3.63) is 70.8 Å². The minimum absolute atomic E-state index is 0.0128. The van der Waals surface area contributed by atoms with Crippen LogP contribution >= 0.6 is 0 Å². The molecule has 1 atom stereocenters. The molecule has 1 aliphatic heterocycles. The monoisotopic (exact) mass is 472 g/mol. The Morgan fingerprint density at radius 1 is 1.20 bits per heavy atom. The Bertz CT molecular complexity index is 1200. The van der Waals surface area contributed by atoms with Gasteiger partial charge < -0.3 is 19.9 Å². The Hall–Kier alpha value is -3.63. The van der Waals surface area contributed by atoms with Crippen molar-refractivity contribution in [2.45, 2.75) is 25.7 Å². The second kappa shape index (κ2) is 10.3. The maximum atomic E-state index is 13.6. The number of ether oxygens (including phenoxy) is 1. The Balaban J connectivity index is 1.59. The number of carbonyl (C=O) groups excluding carboxylic acids is 2. The third-order valence-corrected chi connectivity index (χ3v) is 6.98. The molecule has 182 valence electrons. The molecule has 1 heterocycles. The number of rotatable bonds is 6. The average Bonchev–Trinajstić information content (AvgIpc) is 3.20. The zero-order valence-corrected chi connectivity index (χ0v) is 20.6. The summed E-state index contributed by atoms with van der Waals surface area (Å²) >= 11 is 0. The van der Waals surface area contributed by atoms with Crippen LogP contribution < -0.4 is 15.0 Å². The van der Waals surface area contributed by atoms with E-state index in [-0.39, 0.29) is 17.2 Å². The van der Waals surface area contributed by atoms with Crippen molar-refractivity contribution in [2.24, 2.45) is 5.41 Å². The molecule has 2 aromatic rings. The molecule has 7 heteroatoms. The van der Waals surface area contributed by atoms with Gasteiger partial charge in [-0.3, -0.25) is 9.59 Å². The molecule has 0 radical (unpaired) electrons. The minimum atomic E-state index is -0.151. The number of para-hydroxylation sites is 1. The molecule has 1 spiro atoms. The fraction of sp³-hybridized carbons (Fsp3) is 0.393. The highest BCUT2D eigenvalue weighted by Crippen LogP contribution is 2.46. The molecule has 2 amide bonds. The summed E-state index contributed by atoms with van der Waals surface area (Å²) in [6.07, 6.45) is 5.36. The molecule has 1 aliphatic carbocycles. The summed E-state index contributed by atoms with van der Waals surface area (Å²) in [5.41, 5.74) is 3.57. The van der Waals surface area contributed by atoms with Gasteiger partial charge in [0.15, 0.2) is 0 Å². The average molecular weight is 473 g/mol. The van der Waals surface area contributed by atoms with Crippen LogP contribution in [0.5, 0.6) is 5.75 Å². The van der Waals surface area contributed by atoms with Crippen molar-refractivity contribution in [1.29, 1.82) is 5.26 Å². The van der Waals surface area contributed by atoms with Gasteiger partial charge in [0.05, 0.1) is 12.7 Å². The van der Waals surface area contributed by atoms with Crippen LogP contribution in [-0.4, -0.2) is 57.6 Å². The van der Waals surface area contributed by atoms with Crippen LogP contribution in [0.1, 0.15) is 40.7 Å². The summed E-state index contributed by atoms with van der Waals surface area (Å²) in [6, 6.07) is 15.0. The van der Waals surface area contributed by atoms with E-state index in [4.69, 9.17) is 4.74 Å². The first-order chi connectivity index (χ1) is 16.9. The number of likely N-dealkylation sites (N-methyl/N-ethyl adjacent to an activating group) is 1. The van der Waals surface area contributed by atoms with E-state index in [9.17, 15) is 14.9 Å². The van der Waals surface area contributed by atoms with Crippen molar-refractivity contribution >= 4 is 17.5 Å². The number of allylic oxidation sites excluding steroid dienone is 1. The van der Waals surface area contributed by atoms with Gasteiger partial charge in [0, 0.05) is 36.5 Å². The third kappa shape index (κ3) is 5.23. The Kier molecular flexibility index (Phi) is 7.23. The van der Waals surface area contributed by atoms with Crippen LogP contribution in [-0.2, 0) is 11.2 Å². The lowest BCUT2D eigenvalue weighted by Crippen LogP contribution is -2.33. The molecule has 0 aromatic heterocycles. The van der Waals surface area contributed by atoms with Crippen molar-refractivity contribution < 1.29 is 14.3 Å². The molecule has 1 unspecified atom stereocenters. The fourth-order valence-corrected chi connectivity index (χ4v) is 5.05. The van der Waals surface area contributed by atoms with Crippen LogP contribution in [0.2, 0.25) is 0 Å². The number of methoxy groups -OCH3 is 1. The number of fused-ring (bicyclic) bond motifs is 1. The van der Waals surface area contributed by atoms with E-state index >= 15 is 0 Å². The molecule has 0 saturated carbocycles. The SMILES string of the molecule is COc1cc(C(=O)N2CCC3(C=C(C(=O)NCCN(C)C)CC3)Cc3ccccc32)ccc1C#N. The van der Waals surface area contributed by atoms with E-state index in [2.05, 4.69) is 23.5 Å². The number of nitrogens with zero attached hydrogens (tertiary/aromatic N) is 3. The number of hydrogen-bond acceptors (Lipinski definition) is 5. The number of anilines is 1. The lowest BCUT2D eigenvalue weighted by atomic mass is 9.79. The van der Waals surface area contributed by atoms with Crippen molar-refractivity contribution in [3.8, 4) is 11.8 Å². The van der Waals surface area contributed by atoms with Crippen molar-refractivity contribution in [2.75, 3.05) is 45.7 Å². The lowest BCUT2D eigenvalue weighted by molar-refractivity contribution is -0.117. The van der Waals surface area contributed by atoms with E-state index in [0.717, 1.165) is 49.1 Å². The van der Waals surface area contributed by atoms with Crippen molar-refractivity contribution in [1.82, 2.24) is 10.2 Å². The molecular formula is C28H32N4O3. The van der Waals surface area contributed by atoms with Gasteiger partial charge in [-0.2, -0.15) is 5.26 Å². The Labute approximate surface area is 207 Å². The van der Waals surface area contributed by atoms with Crippen LogP contribution in [0.4, 0.5) is 5.69 Å². The molecule has 2 aromatic carbocycles. The minimum Gasteiger partial charge on any atom is -0.495 e. The van der Waals surface area contributed by atoms with Gasteiger partial charge in [0.1, 0.15) is 11.8 Å². The van der Waals surface area contributed by atoms with E-state index in [1.807, 2.05) is 42.1 Å². The zero-order chi connectivity index (χ0) is 25.0. The van der Waals surface area contributed by atoms with Crippen LogP contribution in [0, 0.1) is 16.7 Å². The molecule has 0 saturated heterocycles. The number of benzene rings is 2. The van der Waals surface area contributed by atoms with Gasteiger partial charge >= 0.3 is 0 Å². The second-order valence-corrected chi connectivity index (χ2v) is 9.63. The third-order valence-electron chi connectivity index (χ3n) is 6.98. The summed E-state index contributed by atoms with van der Waals surface area (Å²) in [4.78, 5) is 30.3. The van der Waals surface area contributed by atoms with E-state index in [0.29, 0.717) is 30.0 Å². The summed E-state index contributed by atoms with van der Waals surface area (Å²) < 4.78 is 5.32. The molecular weight excluding hydrogens is 440 g/mol. The maximum absolute atomic E-state index is 13.6. The first-order valence-electron chi connectivity index (χ1n) is 12.0. The highest BCUT2D eigenvalue weighted by Gasteiger charge is 2.39. The largest absolute Gasteiger partial charge is 0.495 e. The highest BCUT2D eigenvalue weighted by molar-refractivity contribution is 6.07. The number of amides is 2. The first kappa shape index (κ1) is 24.5. The number of nitriles is 1. The number of carbonyl (C=O) groups is 2. The standard InChI is InChI=1S/C28H32N4O3/c1-31(2)15-13-30-26(33)22-10-11-28(18-22)12-14-32(24-7-5-4-6-21(24)17-28)27(34)20-8-9-23(19-29)25(16-20)35-3/h4-9,16,18H,10-15,17H2,1-3H3,(H,30,33). The smallest absolute Gasteiger partial charge is 0.258 e. The molecule has 0 bridgehead atoms. The Morgan fingerprint density at radius 2 is 2.00 bits per heavy atom. The topological polar surface area (TPSA) is 85.7 Å². The van der Waals surface area contributed by atoms with Gasteiger partial charge in [-0.15, -0.1) is 0 Å². The van der Waals surface area contributed by atoms with E-state index in [1.165, 1.54) is 7.11 Å². The van der Waals surface area contributed by atoms with Gasteiger partial charge in [-0.1, -0.05) is 24.3 Å². The molecule has 7 nitrogen and oxygen atoms in total. The predicted molar refractivity (Wildman–Crippen MR) is 135 cm³/mol. The summed E-state index contributed by atoms with van der Waals surface area (Å²) in [6.45, 7) is 1.97. The Morgan fingerprint density at radius 3 is 2.74 bits per heavy atom. The van der Waals surface area contributed by atoms with Gasteiger partial charge in [-0.05, 0) is 75.0 Å². The normalized spacial score (nSPS) is 19.1. The van der Waals surface area contributed by atoms with Crippen molar-refractivity contribution in [3.63, 3.8) is 0 Å². The highest BCUT2D eigenvalue weighted by atomic mass is 16.5. The van der Waals surface area contributed by atoms with Gasteiger partial charge in [0.2, 0.25) is 5.91 Å². The summed E-state index contributed by atoms with van der Waals surface area (Å²) in [5, 5.41) is 12.3. The lowest BCUT2D eigenvalue weighted by Gasteiger charge is -2.26. The van der Waals surface area contributed by atoms with Gasteiger partial charge in [-0.25, -0.2) is 0 Å². The van der Waals surface area contributed by atoms with E-state index in [1.54, 1.807) is 18.2 Å². The number of hydrogen-bond donors (Lipinski definition) is 1. The van der Waals surface area contributed by atoms with Gasteiger partial charge in [0.25, 0.3) is 5.91 Å². The quantitative estimate of drug-likeness (QED) is 0.695. The first-order valence-corrected chi connectivity index (χ1v) is 12.0. The second-order valence-electron chi connectivity index (χ2n) is 9.63. The maximum Gasteiger partial charge on any atom is 0.258 e. The molecule has 1 N–H and O–H groups in total. The fourth-order valence-electron chi connectivity index (χ4n) is 5.05. The summed E-state index contributed by atoms with van der Waals surface area (Å²) in [7, 11) is 5.47. The van der Waals surface area contributed by atoms with E-state index < -0.39 is 0 Å². The van der Waals surface area contributed by atoms with Crippen LogP contribution in [0.3, 0.4) is 0 Å².